The molecule has 0 bridgehead atoms. The largest absolute Gasteiger partial charge is 0.481 e. The van der Waals surface area contributed by atoms with Crippen molar-refractivity contribution in [3.05, 3.63) is 70.3 Å². The number of H-pyrrole nitrogens is 1. The summed E-state index contributed by atoms with van der Waals surface area (Å²) in [6.45, 7) is 2.17. The topological polar surface area (TPSA) is 101 Å². The Balaban J connectivity index is 1.53. The molecule has 0 saturated heterocycles. The lowest BCUT2D eigenvalue weighted by Crippen LogP contribution is -2.44. The molecule has 0 fully saturated rings. The van der Waals surface area contributed by atoms with Crippen LogP contribution >= 0.6 is 0 Å². The molecule has 0 saturated carbocycles. The van der Waals surface area contributed by atoms with Crippen LogP contribution in [-0.2, 0) is 17.8 Å². The highest BCUT2D eigenvalue weighted by Gasteiger charge is 2.28. The van der Waals surface area contributed by atoms with Gasteiger partial charge < -0.3 is 14.6 Å². The van der Waals surface area contributed by atoms with Crippen LogP contribution in [0.3, 0.4) is 0 Å². The molecule has 1 atom stereocenters. The molecule has 3 aromatic rings. The van der Waals surface area contributed by atoms with Crippen LogP contribution in [-0.4, -0.2) is 43.4 Å². The summed E-state index contributed by atoms with van der Waals surface area (Å²) in [6.07, 6.45) is 4.12. The van der Waals surface area contributed by atoms with Gasteiger partial charge in [0, 0.05) is 30.6 Å². The Hall–Kier alpha value is -3.62. The van der Waals surface area contributed by atoms with Gasteiger partial charge in [-0.05, 0) is 25.5 Å². The Morgan fingerprint density at radius 2 is 2.21 bits per heavy atom. The summed E-state index contributed by atoms with van der Waals surface area (Å²) in [6, 6.07) is 5.64. The fourth-order valence-electron chi connectivity index (χ4n) is 3.22. The van der Waals surface area contributed by atoms with Gasteiger partial charge in [0.2, 0.25) is 0 Å². The van der Waals surface area contributed by atoms with Crippen LogP contribution in [0.15, 0.2) is 47.7 Å². The Morgan fingerprint density at radius 1 is 1.34 bits per heavy atom. The fourth-order valence-corrected chi connectivity index (χ4v) is 3.22. The predicted molar refractivity (Wildman–Crippen MR) is 101 cm³/mol. The summed E-state index contributed by atoms with van der Waals surface area (Å²) >= 11 is 0. The van der Waals surface area contributed by atoms with Crippen LogP contribution in [0.25, 0.3) is 11.5 Å². The smallest absolute Gasteiger partial charge is 0.263 e. The highest BCUT2D eigenvalue weighted by Crippen LogP contribution is 2.19. The normalized spacial score (nSPS) is 14.2. The first kappa shape index (κ1) is 18.7. The Kier molecular flexibility index (Phi) is 5.03. The first-order valence-electron chi connectivity index (χ1n) is 9.11. The van der Waals surface area contributed by atoms with Crippen molar-refractivity contribution in [3.63, 3.8) is 0 Å². The van der Waals surface area contributed by atoms with Crippen molar-refractivity contribution in [2.75, 3.05) is 6.54 Å². The standard InChI is InChI=1S/C20H18FN5O3/c1-12(29-14-4-2-3-13(21)9-14)20(28)26-8-5-15-17(11-26)24-18(25-19(15)27)16-10-22-6-7-23-16/h2-4,6-7,9-10,12H,5,8,11H2,1H3,(H,24,25,27). The summed E-state index contributed by atoms with van der Waals surface area (Å²) in [7, 11) is 0. The minimum absolute atomic E-state index is 0.183. The van der Waals surface area contributed by atoms with E-state index >= 15 is 0 Å². The average Bonchev–Trinajstić information content (AvgIpc) is 2.73. The number of fused-ring (bicyclic) bond motifs is 1. The Labute approximate surface area is 165 Å². The number of amides is 1. The van der Waals surface area contributed by atoms with Crippen LogP contribution < -0.4 is 10.3 Å². The molecular formula is C20H18FN5O3. The number of carbonyl (C=O) groups is 1. The third kappa shape index (κ3) is 3.98. The van der Waals surface area contributed by atoms with Crippen LogP contribution in [0.5, 0.6) is 5.75 Å². The molecule has 1 unspecified atom stereocenters. The second-order valence-corrected chi connectivity index (χ2v) is 6.66. The Bertz CT molecular complexity index is 1100. The number of nitrogens with one attached hydrogen (secondary N) is 1. The molecule has 4 rings (SSSR count). The van der Waals surface area contributed by atoms with Gasteiger partial charge in [-0.3, -0.25) is 14.6 Å². The number of benzene rings is 1. The van der Waals surface area contributed by atoms with Crippen LogP contribution in [0.1, 0.15) is 18.2 Å². The monoisotopic (exact) mass is 395 g/mol. The van der Waals surface area contributed by atoms with E-state index in [-0.39, 0.29) is 23.8 Å². The SMILES string of the molecule is CC(Oc1cccc(F)c1)C(=O)N1CCc2c(nc(-c3cnccn3)[nH]c2=O)C1. The van der Waals surface area contributed by atoms with Crippen molar-refractivity contribution in [2.45, 2.75) is 26.0 Å². The number of hydrogen-bond donors (Lipinski definition) is 1. The molecule has 3 heterocycles. The molecule has 8 nitrogen and oxygen atoms in total. The van der Waals surface area contributed by atoms with Gasteiger partial charge >= 0.3 is 0 Å². The summed E-state index contributed by atoms with van der Waals surface area (Å²) in [4.78, 5) is 42.2. The molecule has 1 aromatic carbocycles. The van der Waals surface area contributed by atoms with Crippen molar-refractivity contribution in [1.29, 1.82) is 0 Å². The van der Waals surface area contributed by atoms with Crippen LogP contribution in [0.2, 0.25) is 0 Å². The van der Waals surface area contributed by atoms with Gasteiger partial charge in [-0.1, -0.05) is 6.07 Å². The van der Waals surface area contributed by atoms with Gasteiger partial charge in [-0.2, -0.15) is 0 Å². The summed E-state index contributed by atoms with van der Waals surface area (Å²) in [5, 5.41) is 0. The molecule has 1 N–H and O–H groups in total. The van der Waals surface area contributed by atoms with Crippen molar-refractivity contribution in [2.24, 2.45) is 0 Å². The van der Waals surface area contributed by atoms with E-state index in [1.807, 2.05) is 0 Å². The summed E-state index contributed by atoms with van der Waals surface area (Å²) in [5.74, 6) is -0.111. The zero-order valence-corrected chi connectivity index (χ0v) is 15.6. The van der Waals surface area contributed by atoms with E-state index in [4.69, 9.17) is 4.74 Å². The molecule has 0 aliphatic carbocycles. The molecule has 9 heteroatoms. The van der Waals surface area contributed by atoms with Gasteiger partial charge in [0.15, 0.2) is 11.9 Å². The summed E-state index contributed by atoms with van der Waals surface area (Å²) < 4.78 is 18.9. The summed E-state index contributed by atoms with van der Waals surface area (Å²) in [5.41, 5.74) is 1.28. The second-order valence-electron chi connectivity index (χ2n) is 6.66. The molecule has 1 aliphatic heterocycles. The highest BCUT2D eigenvalue weighted by molar-refractivity contribution is 5.81. The number of ether oxygens (including phenoxy) is 1. The van der Waals surface area contributed by atoms with Crippen molar-refractivity contribution in [1.82, 2.24) is 24.8 Å². The van der Waals surface area contributed by atoms with Crippen LogP contribution in [0, 0.1) is 5.82 Å². The minimum Gasteiger partial charge on any atom is -0.481 e. The van der Waals surface area contributed by atoms with E-state index in [1.165, 1.54) is 36.8 Å². The fraction of sp³-hybridized carbons (Fsp3) is 0.250. The zero-order valence-electron chi connectivity index (χ0n) is 15.6. The van der Waals surface area contributed by atoms with Crippen molar-refractivity contribution >= 4 is 5.91 Å². The lowest BCUT2D eigenvalue weighted by atomic mass is 10.1. The second kappa shape index (κ2) is 7.78. The van der Waals surface area contributed by atoms with Gasteiger partial charge in [0.05, 0.1) is 18.4 Å². The molecule has 0 spiro atoms. The van der Waals surface area contributed by atoms with E-state index in [1.54, 1.807) is 17.9 Å². The third-order valence-corrected chi connectivity index (χ3v) is 4.65. The molecule has 1 amide bonds. The maximum absolute atomic E-state index is 13.3. The molecular weight excluding hydrogens is 377 g/mol. The number of hydrogen-bond acceptors (Lipinski definition) is 6. The maximum atomic E-state index is 13.3. The predicted octanol–water partition coefficient (Wildman–Crippen LogP) is 1.72. The first-order chi connectivity index (χ1) is 14.0. The minimum atomic E-state index is -0.806. The number of aromatic nitrogens is 4. The van der Waals surface area contributed by atoms with E-state index in [0.29, 0.717) is 35.7 Å². The number of carbonyl (C=O) groups excluding carboxylic acids is 1. The van der Waals surface area contributed by atoms with Crippen molar-refractivity contribution < 1.29 is 13.9 Å². The van der Waals surface area contributed by atoms with Gasteiger partial charge in [-0.25, -0.2) is 14.4 Å². The molecule has 148 valence electrons. The quantitative estimate of drug-likeness (QED) is 0.722. The van der Waals surface area contributed by atoms with Gasteiger partial charge in [-0.15, -0.1) is 0 Å². The molecule has 0 radical (unpaired) electrons. The van der Waals surface area contributed by atoms with E-state index in [9.17, 15) is 14.0 Å². The highest BCUT2D eigenvalue weighted by atomic mass is 19.1. The first-order valence-corrected chi connectivity index (χ1v) is 9.11. The number of rotatable bonds is 4. The van der Waals surface area contributed by atoms with Gasteiger partial charge in [0.25, 0.3) is 11.5 Å². The van der Waals surface area contributed by atoms with Crippen molar-refractivity contribution in [3.8, 4) is 17.3 Å². The van der Waals surface area contributed by atoms with Gasteiger partial charge in [0.1, 0.15) is 17.3 Å². The van der Waals surface area contributed by atoms with E-state index < -0.39 is 11.9 Å². The number of halogens is 1. The van der Waals surface area contributed by atoms with Crippen LogP contribution in [0.4, 0.5) is 4.39 Å². The maximum Gasteiger partial charge on any atom is 0.263 e. The van der Waals surface area contributed by atoms with E-state index in [2.05, 4.69) is 19.9 Å². The number of nitrogens with zero attached hydrogens (tertiary/aromatic N) is 4. The van der Waals surface area contributed by atoms with E-state index in [0.717, 1.165) is 0 Å². The zero-order chi connectivity index (χ0) is 20.4. The lowest BCUT2D eigenvalue weighted by Gasteiger charge is -2.30. The molecule has 1 aliphatic rings. The lowest BCUT2D eigenvalue weighted by molar-refractivity contribution is -0.139. The number of aromatic amines is 1. The molecule has 2 aromatic heterocycles. The Morgan fingerprint density at radius 3 is 2.97 bits per heavy atom. The average molecular weight is 395 g/mol. The molecule has 29 heavy (non-hydrogen) atoms. The third-order valence-electron chi connectivity index (χ3n) is 4.65.